The van der Waals surface area contributed by atoms with Crippen LogP contribution in [0.3, 0.4) is 0 Å². The van der Waals surface area contributed by atoms with Crippen molar-refractivity contribution in [2.24, 2.45) is 4.99 Å². The van der Waals surface area contributed by atoms with Crippen molar-refractivity contribution >= 4 is 11.9 Å². The highest BCUT2D eigenvalue weighted by atomic mass is 16.3. The van der Waals surface area contributed by atoms with Crippen LogP contribution in [0.5, 0.6) is 5.75 Å². The van der Waals surface area contributed by atoms with Gasteiger partial charge in [-0.1, -0.05) is 24.3 Å². The Morgan fingerprint density at radius 3 is 2.50 bits per heavy atom. The average molecular weight is 263 g/mol. The van der Waals surface area contributed by atoms with Gasteiger partial charge in [0.2, 0.25) is 0 Å². The molecule has 3 rings (SSSR count). The van der Waals surface area contributed by atoms with Crippen LogP contribution in [0.15, 0.2) is 76.3 Å². The SMILES string of the molecule is Oc1c(C=Nc2ccccc2)cccc1-c1ccco1. The highest BCUT2D eigenvalue weighted by Gasteiger charge is 2.09. The zero-order valence-electron chi connectivity index (χ0n) is 10.7. The highest BCUT2D eigenvalue weighted by molar-refractivity contribution is 5.89. The molecular weight excluding hydrogens is 250 g/mol. The first-order valence-electron chi connectivity index (χ1n) is 6.29. The summed E-state index contributed by atoms with van der Waals surface area (Å²) in [6.07, 6.45) is 3.23. The van der Waals surface area contributed by atoms with E-state index < -0.39 is 0 Å². The summed E-state index contributed by atoms with van der Waals surface area (Å²) in [7, 11) is 0. The molecule has 1 heterocycles. The van der Waals surface area contributed by atoms with Crippen LogP contribution in [-0.4, -0.2) is 11.3 Å². The Kier molecular flexibility index (Phi) is 3.33. The van der Waals surface area contributed by atoms with Gasteiger partial charge in [0.05, 0.1) is 17.5 Å². The fourth-order valence-corrected chi connectivity index (χ4v) is 1.95. The second kappa shape index (κ2) is 5.45. The third-order valence-electron chi connectivity index (χ3n) is 2.96. The predicted octanol–water partition coefficient (Wildman–Crippen LogP) is 4.40. The zero-order chi connectivity index (χ0) is 13.8. The molecule has 0 unspecified atom stereocenters. The number of hydrogen-bond donors (Lipinski definition) is 1. The molecule has 1 aromatic heterocycles. The summed E-state index contributed by atoms with van der Waals surface area (Å²) in [4.78, 5) is 4.34. The van der Waals surface area contributed by atoms with Crippen molar-refractivity contribution in [1.29, 1.82) is 0 Å². The zero-order valence-corrected chi connectivity index (χ0v) is 10.7. The maximum atomic E-state index is 10.3. The molecule has 0 aliphatic carbocycles. The van der Waals surface area contributed by atoms with Crippen molar-refractivity contribution < 1.29 is 9.52 Å². The van der Waals surface area contributed by atoms with Crippen LogP contribution in [0.2, 0.25) is 0 Å². The van der Waals surface area contributed by atoms with Gasteiger partial charge in [-0.25, -0.2) is 0 Å². The number of hydrogen-bond acceptors (Lipinski definition) is 3. The normalized spacial score (nSPS) is 11.0. The second-order valence-corrected chi connectivity index (χ2v) is 4.31. The first-order valence-corrected chi connectivity index (χ1v) is 6.29. The van der Waals surface area contributed by atoms with Gasteiger partial charge in [-0.05, 0) is 36.4 Å². The number of nitrogens with zero attached hydrogens (tertiary/aromatic N) is 1. The van der Waals surface area contributed by atoms with Gasteiger partial charge in [0.1, 0.15) is 11.5 Å². The van der Waals surface area contributed by atoms with E-state index in [0.717, 1.165) is 5.69 Å². The van der Waals surface area contributed by atoms with Gasteiger partial charge >= 0.3 is 0 Å². The lowest BCUT2D eigenvalue weighted by Gasteiger charge is -2.04. The molecule has 20 heavy (non-hydrogen) atoms. The molecule has 0 amide bonds. The van der Waals surface area contributed by atoms with Crippen molar-refractivity contribution in [1.82, 2.24) is 0 Å². The molecule has 0 fully saturated rings. The molecule has 0 spiro atoms. The third kappa shape index (κ3) is 2.47. The van der Waals surface area contributed by atoms with Gasteiger partial charge in [0, 0.05) is 11.8 Å². The van der Waals surface area contributed by atoms with E-state index in [1.165, 1.54) is 0 Å². The first kappa shape index (κ1) is 12.2. The lowest BCUT2D eigenvalue weighted by molar-refractivity contribution is 0.473. The summed E-state index contributed by atoms with van der Waals surface area (Å²) < 4.78 is 5.31. The fraction of sp³-hybridized carbons (Fsp3) is 0. The molecule has 3 heteroatoms. The number of para-hydroxylation sites is 2. The topological polar surface area (TPSA) is 45.7 Å². The number of aromatic hydroxyl groups is 1. The molecule has 2 aromatic carbocycles. The van der Waals surface area contributed by atoms with Crippen LogP contribution >= 0.6 is 0 Å². The van der Waals surface area contributed by atoms with E-state index in [4.69, 9.17) is 4.42 Å². The molecule has 0 saturated heterocycles. The van der Waals surface area contributed by atoms with Crippen molar-refractivity contribution in [3.63, 3.8) is 0 Å². The molecule has 1 N–H and O–H groups in total. The van der Waals surface area contributed by atoms with E-state index in [1.54, 1.807) is 18.5 Å². The molecule has 0 aliphatic heterocycles. The fourth-order valence-electron chi connectivity index (χ4n) is 1.95. The number of phenolic OH excluding ortho intramolecular Hbond substituents is 1. The number of rotatable bonds is 3. The van der Waals surface area contributed by atoms with Crippen molar-refractivity contribution in [3.05, 3.63) is 72.5 Å². The smallest absolute Gasteiger partial charge is 0.137 e. The Hall–Kier alpha value is -2.81. The molecular formula is C17H13NO2. The Morgan fingerprint density at radius 1 is 0.900 bits per heavy atom. The van der Waals surface area contributed by atoms with Crippen LogP contribution in [0.4, 0.5) is 5.69 Å². The molecule has 0 bridgehead atoms. The van der Waals surface area contributed by atoms with Crippen LogP contribution in [0.1, 0.15) is 5.56 Å². The number of phenols is 1. The number of furan rings is 1. The maximum Gasteiger partial charge on any atom is 0.137 e. The molecule has 3 aromatic rings. The van der Waals surface area contributed by atoms with Crippen LogP contribution in [-0.2, 0) is 0 Å². The summed E-state index contributed by atoms with van der Waals surface area (Å²) in [5.41, 5.74) is 2.16. The van der Waals surface area contributed by atoms with Crippen molar-refractivity contribution in [3.8, 4) is 17.1 Å². The first-order chi connectivity index (χ1) is 9.84. The minimum atomic E-state index is 0.169. The number of aliphatic imine (C=N–C) groups is 1. The molecule has 3 nitrogen and oxygen atoms in total. The minimum Gasteiger partial charge on any atom is -0.506 e. The maximum absolute atomic E-state index is 10.3. The van der Waals surface area contributed by atoms with Crippen molar-refractivity contribution in [2.45, 2.75) is 0 Å². The van der Waals surface area contributed by atoms with E-state index in [1.807, 2.05) is 54.6 Å². The quantitative estimate of drug-likeness (QED) is 0.712. The molecule has 98 valence electrons. The van der Waals surface area contributed by atoms with Crippen LogP contribution in [0.25, 0.3) is 11.3 Å². The monoisotopic (exact) mass is 263 g/mol. The summed E-state index contributed by atoms with van der Waals surface area (Å²) in [5, 5.41) is 10.3. The van der Waals surface area contributed by atoms with Gasteiger partial charge in [0.25, 0.3) is 0 Å². The summed E-state index contributed by atoms with van der Waals surface area (Å²) in [6, 6.07) is 18.7. The van der Waals surface area contributed by atoms with Gasteiger partial charge < -0.3 is 9.52 Å². The van der Waals surface area contributed by atoms with Gasteiger partial charge in [-0.2, -0.15) is 0 Å². The molecule has 0 radical (unpaired) electrons. The molecule has 0 aliphatic rings. The average Bonchev–Trinajstić information content (AvgIpc) is 3.01. The summed E-state index contributed by atoms with van der Waals surface area (Å²) in [6.45, 7) is 0. The van der Waals surface area contributed by atoms with E-state index in [2.05, 4.69) is 4.99 Å². The molecule has 0 atom stereocenters. The predicted molar refractivity (Wildman–Crippen MR) is 79.5 cm³/mol. The Balaban J connectivity index is 1.95. The summed E-state index contributed by atoms with van der Waals surface area (Å²) in [5.74, 6) is 0.805. The molecule has 0 saturated carbocycles. The van der Waals surface area contributed by atoms with Gasteiger partial charge in [-0.15, -0.1) is 0 Å². The van der Waals surface area contributed by atoms with E-state index >= 15 is 0 Å². The Labute approximate surface area is 116 Å². The van der Waals surface area contributed by atoms with Gasteiger partial charge in [-0.3, -0.25) is 4.99 Å². The van der Waals surface area contributed by atoms with Crippen molar-refractivity contribution in [2.75, 3.05) is 0 Å². The lowest BCUT2D eigenvalue weighted by Crippen LogP contribution is -1.85. The summed E-state index contributed by atoms with van der Waals surface area (Å²) >= 11 is 0. The Bertz CT molecular complexity index is 716. The highest BCUT2D eigenvalue weighted by Crippen LogP contribution is 2.31. The third-order valence-corrected chi connectivity index (χ3v) is 2.96. The van der Waals surface area contributed by atoms with E-state index in [0.29, 0.717) is 16.9 Å². The van der Waals surface area contributed by atoms with Crippen LogP contribution in [0, 0.1) is 0 Å². The minimum absolute atomic E-state index is 0.169. The standard InChI is InChI=1S/C17H13NO2/c19-17-13(12-18-14-7-2-1-3-8-14)6-4-9-15(17)16-10-5-11-20-16/h1-12,19H. The number of benzene rings is 2. The second-order valence-electron chi connectivity index (χ2n) is 4.31. The Morgan fingerprint density at radius 2 is 1.75 bits per heavy atom. The van der Waals surface area contributed by atoms with E-state index in [9.17, 15) is 5.11 Å². The van der Waals surface area contributed by atoms with Crippen LogP contribution < -0.4 is 0 Å². The lowest BCUT2D eigenvalue weighted by atomic mass is 10.1. The van der Waals surface area contributed by atoms with Gasteiger partial charge in [0.15, 0.2) is 0 Å². The van der Waals surface area contributed by atoms with E-state index in [-0.39, 0.29) is 5.75 Å². The largest absolute Gasteiger partial charge is 0.506 e.